The molecular weight excluding hydrogens is 453 g/mol. The van der Waals surface area contributed by atoms with Gasteiger partial charge in [-0.25, -0.2) is 9.37 Å². The van der Waals surface area contributed by atoms with Gasteiger partial charge in [-0.15, -0.1) is 0 Å². The molecule has 34 heavy (non-hydrogen) atoms. The molecule has 0 bridgehead atoms. The maximum Gasteiger partial charge on any atom is 0.228 e. The van der Waals surface area contributed by atoms with Crippen LogP contribution in [0.15, 0.2) is 66.7 Å². The monoisotopic (exact) mass is 477 g/mol. The molecular formula is C26H25ClFN5O. The van der Waals surface area contributed by atoms with Crippen LogP contribution in [0.25, 0.3) is 10.9 Å². The third-order valence-electron chi connectivity index (χ3n) is 6.01. The molecule has 174 valence electrons. The fourth-order valence-corrected chi connectivity index (χ4v) is 4.35. The molecule has 1 N–H and O–H groups in total. The summed E-state index contributed by atoms with van der Waals surface area (Å²) in [6, 6.07) is 20.6. The van der Waals surface area contributed by atoms with E-state index in [0.717, 1.165) is 22.3 Å². The lowest BCUT2D eigenvalue weighted by molar-refractivity contribution is 0.410. The van der Waals surface area contributed by atoms with E-state index in [4.69, 9.17) is 26.3 Å². The maximum atomic E-state index is 14.5. The molecule has 3 aromatic carbocycles. The molecule has 0 amide bonds. The topological polar surface area (TPSA) is 53.5 Å². The van der Waals surface area contributed by atoms with Gasteiger partial charge in [-0.3, -0.25) is 0 Å². The molecule has 0 saturated carbocycles. The normalized spacial score (nSPS) is 13.9. The zero-order valence-corrected chi connectivity index (χ0v) is 19.6. The zero-order chi connectivity index (χ0) is 23.5. The van der Waals surface area contributed by atoms with Crippen LogP contribution in [-0.2, 0) is 6.54 Å². The van der Waals surface area contributed by atoms with E-state index < -0.39 is 0 Å². The smallest absolute Gasteiger partial charge is 0.228 e. The molecule has 4 aromatic rings. The summed E-state index contributed by atoms with van der Waals surface area (Å²) in [4.78, 5) is 13.8. The van der Waals surface area contributed by atoms with E-state index in [2.05, 4.69) is 10.2 Å². The van der Waals surface area contributed by atoms with E-state index in [1.165, 1.54) is 6.07 Å². The molecule has 0 radical (unpaired) electrons. The minimum Gasteiger partial charge on any atom is -0.494 e. The second-order valence-electron chi connectivity index (χ2n) is 8.13. The second kappa shape index (κ2) is 9.73. The van der Waals surface area contributed by atoms with Gasteiger partial charge in [-0.2, -0.15) is 4.98 Å². The van der Waals surface area contributed by atoms with Crippen molar-refractivity contribution >= 4 is 40.0 Å². The molecule has 1 aromatic heterocycles. The second-order valence-corrected chi connectivity index (χ2v) is 8.57. The van der Waals surface area contributed by atoms with Crippen molar-refractivity contribution in [1.82, 2.24) is 9.97 Å². The Bertz CT molecular complexity index is 1290. The fraction of sp³-hybridized carbons (Fsp3) is 0.231. The van der Waals surface area contributed by atoms with Crippen molar-refractivity contribution < 1.29 is 9.13 Å². The van der Waals surface area contributed by atoms with Crippen molar-refractivity contribution in [3.8, 4) is 5.75 Å². The molecule has 1 aliphatic rings. The van der Waals surface area contributed by atoms with Gasteiger partial charge in [-0.05, 0) is 42.0 Å². The van der Waals surface area contributed by atoms with Gasteiger partial charge in [0.2, 0.25) is 5.95 Å². The first-order valence-corrected chi connectivity index (χ1v) is 11.6. The molecule has 5 rings (SSSR count). The lowest BCUT2D eigenvalue weighted by atomic mass is 10.2. The molecule has 1 fully saturated rings. The summed E-state index contributed by atoms with van der Waals surface area (Å²) in [6.45, 7) is 3.25. The number of aromatic nitrogens is 2. The van der Waals surface area contributed by atoms with Crippen molar-refractivity contribution in [3.05, 3.63) is 83.1 Å². The number of ether oxygens (including phenoxy) is 1. The molecule has 0 atom stereocenters. The molecule has 8 heteroatoms. The van der Waals surface area contributed by atoms with E-state index in [-0.39, 0.29) is 5.82 Å². The number of piperazine rings is 1. The molecule has 0 unspecified atom stereocenters. The Morgan fingerprint density at radius 3 is 2.41 bits per heavy atom. The Kier molecular flexibility index (Phi) is 6.36. The Labute approximate surface area is 203 Å². The van der Waals surface area contributed by atoms with Crippen LogP contribution < -0.4 is 19.9 Å². The van der Waals surface area contributed by atoms with Crippen molar-refractivity contribution in [2.24, 2.45) is 0 Å². The largest absolute Gasteiger partial charge is 0.494 e. The van der Waals surface area contributed by atoms with Gasteiger partial charge >= 0.3 is 0 Å². The average molecular weight is 478 g/mol. The van der Waals surface area contributed by atoms with E-state index in [1.54, 1.807) is 19.2 Å². The summed E-state index contributed by atoms with van der Waals surface area (Å²) in [7, 11) is 1.57. The van der Waals surface area contributed by atoms with E-state index in [0.29, 0.717) is 55.1 Å². The Morgan fingerprint density at radius 2 is 1.65 bits per heavy atom. The highest BCUT2D eigenvalue weighted by atomic mass is 35.5. The Balaban J connectivity index is 1.37. The number of hydrogen-bond acceptors (Lipinski definition) is 6. The first-order valence-electron chi connectivity index (χ1n) is 11.2. The number of hydrogen-bond donors (Lipinski definition) is 1. The average Bonchev–Trinajstić information content (AvgIpc) is 2.88. The number of fused-ring (bicyclic) bond motifs is 1. The third-order valence-corrected chi connectivity index (χ3v) is 6.27. The lowest BCUT2D eigenvalue weighted by Gasteiger charge is -2.36. The lowest BCUT2D eigenvalue weighted by Crippen LogP contribution is -2.47. The first kappa shape index (κ1) is 22.2. The number of halogens is 2. The Morgan fingerprint density at radius 1 is 0.912 bits per heavy atom. The summed E-state index contributed by atoms with van der Waals surface area (Å²) >= 11 is 6.01. The van der Waals surface area contributed by atoms with Gasteiger partial charge in [0.15, 0.2) is 0 Å². The predicted octanol–water partition coefficient (Wildman–Crippen LogP) is 5.37. The van der Waals surface area contributed by atoms with Crippen LogP contribution in [0.2, 0.25) is 5.02 Å². The maximum absolute atomic E-state index is 14.5. The summed E-state index contributed by atoms with van der Waals surface area (Å²) < 4.78 is 19.9. The van der Waals surface area contributed by atoms with Crippen LogP contribution >= 0.6 is 11.6 Å². The van der Waals surface area contributed by atoms with Crippen molar-refractivity contribution in [1.29, 1.82) is 0 Å². The minimum atomic E-state index is -0.275. The van der Waals surface area contributed by atoms with E-state index in [1.807, 2.05) is 53.4 Å². The predicted molar refractivity (Wildman–Crippen MR) is 136 cm³/mol. The van der Waals surface area contributed by atoms with Gasteiger partial charge in [0.05, 0.1) is 12.6 Å². The van der Waals surface area contributed by atoms with Gasteiger partial charge in [-0.1, -0.05) is 41.9 Å². The fourth-order valence-electron chi connectivity index (χ4n) is 4.23. The zero-order valence-electron chi connectivity index (χ0n) is 18.8. The van der Waals surface area contributed by atoms with E-state index >= 15 is 0 Å². The first-order chi connectivity index (χ1) is 16.6. The number of benzene rings is 3. The highest BCUT2D eigenvalue weighted by Gasteiger charge is 2.24. The van der Waals surface area contributed by atoms with Gasteiger partial charge in [0.25, 0.3) is 0 Å². The molecule has 0 aliphatic carbocycles. The minimum absolute atomic E-state index is 0.275. The molecule has 0 spiro atoms. The number of methoxy groups -OCH3 is 1. The van der Waals surface area contributed by atoms with Crippen LogP contribution in [0.1, 0.15) is 5.56 Å². The van der Waals surface area contributed by atoms with Gasteiger partial charge < -0.3 is 19.9 Å². The summed E-state index contributed by atoms with van der Waals surface area (Å²) in [5.74, 6) is 1.72. The SMILES string of the molecule is COc1cccc(F)c1N1CCN(c2nc(NCc3ccc(Cl)cc3)c3ccccc3n2)CC1. The number of nitrogens with one attached hydrogen (secondary N) is 1. The quantitative estimate of drug-likeness (QED) is 0.403. The van der Waals surface area contributed by atoms with Gasteiger partial charge in [0.1, 0.15) is 23.1 Å². The van der Waals surface area contributed by atoms with Crippen LogP contribution in [0.3, 0.4) is 0 Å². The highest BCUT2D eigenvalue weighted by molar-refractivity contribution is 6.30. The van der Waals surface area contributed by atoms with Crippen LogP contribution in [0, 0.1) is 5.82 Å². The Hall–Kier alpha value is -3.58. The molecule has 2 heterocycles. The molecule has 6 nitrogen and oxygen atoms in total. The van der Waals surface area contributed by atoms with Crippen molar-refractivity contribution in [2.45, 2.75) is 6.54 Å². The molecule has 1 saturated heterocycles. The van der Waals surface area contributed by atoms with Crippen LogP contribution in [0.4, 0.5) is 21.8 Å². The van der Waals surface area contributed by atoms with Crippen LogP contribution in [0.5, 0.6) is 5.75 Å². The molecule has 1 aliphatic heterocycles. The number of rotatable bonds is 6. The third kappa shape index (κ3) is 4.56. The van der Waals surface area contributed by atoms with Crippen molar-refractivity contribution in [3.63, 3.8) is 0 Å². The number of para-hydroxylation sites is 2. The summed E-state index contributed by atoms with van der Waals surface area (Å²) in [6.07, 6.45) is 0. The van der Waals surface area contributed by atoms with Crippen molar-refractivity contribution in [2.75, 3.05) is 48.4 Å². The van der Waals surface area contributed by atoms with Gasteiger partial charge in [0, 0.05) is 43.1 Å². The summed E-state index contributed by atoms with van der Waals surface area (Å²) in [5.41, 5.74) is 2.50. The highest BCUT2D eigenvalue weighted by Crippen LogP contribution is 2.32. The number of nitrogens with zero attached hydrogens (tertiary/aromatic N) is 4. The standard InChI is InChI=1S/C26H25ClFN5O/c1-34-23-8-4-6-21(28)24(23)32-13-15-33(16-14-32)26-30-22-7-3-2-5-20(22)25(31-26)29-17-18-9-11-19(27)12-10-18/h2-12H,13-17H2,1H3,(H,29,30,31). The summed E-state index contributed by atoms with van der Waals surface area (Å²) in [5, 5.41) is 5.14. The number of anilines is 3. The van der Waals surface area contributed by atoms with E-state index in [9.17, 15) is 4.39 Å². The van der Waals surface area contributed by atoms with Crippen LogP contribution in [-0.4, -0.2) is 43.3 Å².